The van der Waals surface area contributed by atoms with Crippen LogP contribution < -0.4 is 5.32 Å². The van der Waals surface area contributed by atoms with Crippen LogP contribution in [0.2, 0.25) is 0 Å². The molecular formula is C9H17N3O2. The Hall–Kier alpha value is -0.810. The van der Waals surface area contributed by atoms with E-state index in [1.165, 1.54) is 0 Å². The third kappa shape index (κ3) is 1.83. The average molecular weight is 199 g/mol. The van der Waals surface area contributed by atoms with Crippen LogP contribution in [0.15, 0.2) is 4.99 Å². The summed E-state index contributed by atoms with van der Waals surface area (Å²) in [6.07, 6.45) is 1.88. The SMILES string of the molecule is OC[C@@H]1CCN2CC[C@@H](CO)NC2=N1. The molecule has 0 amide bonds. The Morgan fingerprint density at radius 2 is 2.07 bits per heavy atom. The summed E-state index contributed by atoms with van der Waals surface area (Å²) >= 11 is 0. The molecule has 2 heterocycles. The first-order chi connectivity index (χ1) is 6.83. The Bertz CT molecular complexity index is 232. The van der Waals surface area contributed by atoms with Crippen LogP contribution in [0.1, 0.15) is 12.8 Å². The zero-order valence-corrected chi connectivity index (χ0v) is 8.19. The van der Waals surface area contributed by atoms with Crippen molar-refractivity contribution in [2.24, 2.45) is 4.99 Å². The molecule has 1 saturated heterocycles. The van der Waals surface area contributed by atoms with Gasteiger partial charge in [-0.05, 0) is 12.8 Å². The molecule has 2 aliphatic rings. The van der Waals surface area contributed by atoms with E-state index in [0.29, 0.717) is 0 Å². The highest BCUT2D eigenvalue weighted by molar-refractivity contribution is 5.81. The number of nitrogens with zero attached hydrogens (tertiary/aromatic N) is 2. The number of fused-ring (bicyclic) bond motifs is 1. The van der Waals surface area contributed by atoms with Crippen molar-refractivity contribution in [1.29, 1.82) is 0 Å². The molecule has 0 radical (unpaired) electrons. The molecule has 0 spiro atoms. The predicted octanol–water partition coefficient (Wildman–Crippen LogP) is -1.24. The minimum Gasteiger partial charge on any atom is -0.394 e. The summed E-state index contributed by atoms with van der Waals surface area (Å²) in [6.45, 7) is 2.17. The first-order valence-electron chi connectivity index (χ1n) is 5.14. The molecule has 14 heavy (non-hydrogen) atoms. The average Bonchev–Trinajstić information content (AvgIpc) is 2.27. The van der Waals surface area contributed by atoms with E-state index in [4.69, 9.17) is 10.2 Å². The highest BCUT2D eigenvalue weighted by atomic mass is 16.3. The number of aliphatic imine (C=N–C) groups is 1. The summed E-state index contributed by atoms with van der Waals surface area (Å²) in [5, 5.41) is 21.2. The van der Waals surface area contributed by atoms with Crippen LogP contribution in [0.3, 0.4) is 0 Å². The van der Waals surface area contributed by atoms with Crippen LogP contribution in [0, 0.1) is 0 Å². The lowest BCUT2D eigenvalue weighted by molar-refractivity contribution is 0.196. The van der Waals surface area contributed by atoms with E-state index in [2.05, 4.69) is 15.2 Å². The van der Waals surface area contributed by atoms with Crippen molar-refractivity contribution in [3.8, 4) is 0 Å². The van der Waals surface area contributed by atoms with Gasteiger partial charge in [0.25, 0.3) is 0 Å². The monoisotopic (exact) mass is 199 g/mol. The molecular weight excluding hydrogens is 182 g/mol. The minimum absolute atomic E-state index is 0.0335. The minimum atomic E-state index is 0.0335. The van der Waals surface area contributed by atoms with Crippen LogP contribution >= 0.6 is 0 Å². The van der Waals surface area contributed by atoms with Gasteiger partial charge in [0.1, 0.15) is 0 Å². The Labute approximate surface area is 83.4 Å². The summed E-state index contributed by atoms with van der Waals surface area (Å²) in [5.41, 5.74) is 0. The number of hydrogen-bond acceptors (Lipinski definition) is 5. The maximum atomic E-state index is 9.02. The Morgan fingerprint density at radius 1 is 1.29 bits per heavy atom. The van der Waals surface area contributed by atoms with Gasteiger partial charge in [-0.15, -0.1) is 0 Å². The molecule has 0 unspecified atom stereocenters. The highest BCUT2D eigenvalue weighted by Crippen LogP contribution is 2.13. The lowest BCUT2D eigenvalue weighted by Crippen LogP contribution is -2.56. The Morgan fingerprint density at radius 3 is 2.79 bits per heavy atom. The van der Waals surface area contributed by atoms with Crippen LogP contribution in [-0.2, 0) is 0 Å². The van der Waals surface area contributed by atoms with Crippen LogP contribution in [0.4, 0.5) is 0 Å². The predicted molar refractivity (Wildman–Crippen MR) is 53.1 cm³/mol. The van der Waals surface area contributed by atoms with E-state index in [9.17, 15) is 0 Å². The van der Waals surface area contributed by atoms with Gasteiger partial charge in [-0.1, -0.05) is 0 Å². The first-order valence-corrected chi connectivity index (χ1v) is 5.14. The van der Waals surface area contributed by atoms with Crippen molar-refractivity contribution in [3.05, 3.63) is 0 Å². The molecule has 0 aromatic carbocycles. The molecule has 5 nitrogen and oxygen atoms in total. The summed E-state index contributed by atoms with van der Waals surface area (Å²) in [5.74, 6) is 0.848. The van der Waals surface area contributed by atoms with E-state index in [1.807, 2.05) is 0 Å². The summed E-state index contributed by atoms with van der Waals surface area (Å²) in [6, 6.07) is 0.161. The van der Waals surface area contributed by atoms with Gasteiger partial charge in [0.05, 0.1) is 25.3 Å². The molecule has 3 N–H and O–H groups in total. The molecule has 0 bridgehead atoms. The molecule has 0 aliphatic carbocycles. The van der Waals surface area contributed by atoms with Crippen molar-refractivity contribution < 1.29 is 10.2 Å². The molecule has 5 heteroatoms. The van der Waals surface area contributed by atoms with Gasteiger partial charge in [0.2, 0.25) is 0 Å². The highest BCUT2D eigenvalue weighted by Gasteiger charge is 2.27. The molecule has 0 aromatic rings. The zero-order chi connectivity index (χ0) is 9.97. The quantitative estimate of drug-likeness (QED) is 0.520. The van der Waals surface area contributed by atoms with Crippen LogP contribution in [-0.4, -0.2) is 59.5 Å². The van der Waals surface area contributed by atoms with Gasteiger partial charge in [-0.3, -0.25) is 0 Å². The first kappa shape index (κ1) is 9.73. The number of hydrogen-bond donors (Lipinski definition) is 3. The summed E-state index contributed by atoms with van der Waals surface area (Å²) < 4.78 is 0. The lowest BCUT2D eigenvalue weighted by Gasteiger charge is -2.39. The van der Waals surface area contributed by atoms with Crippen molar-refractivity contribution in [1.82, 2.24) is 10.2 Å². The van der Waals surface area contributed by atoms with E-state index in [0.717, 1.165) is 31.9 Å². The van der Waals surface area contributed by atoms with E-state index in [1.54, 1.807) is 0 Å². The molecule has 2 atom stereocenters. The van der Waals surface area contributed by atoms with Gasteiger partial charge >= 0.3 is 0 Å². The summed E-state index contributed by atoms with van der Waals surface area (Å²) in [7, 11) is 0. The van der Waals surface area contributed by atoms with Gasteiger partial charge in [0, 0.05) is 13.1 Å². The molecule has 0 aromatic heterocycles. The molecule has 80 valence electrons. The topological polar surface area (TPSA) is 68.1 Å². The van der Waals surface area contributed by atoms with Gasteiger partial charge in [0.15, 0.2) is 5.96 Å². The number of guanidine groups is 1. The van der Waals surface area contributed by atoms with Crippen LogP contribution in [0.5, 0.6) is 0 Å². The van der Waals surface area contributed by atoms with Gasteiger partial charge in [-0.2, -0.15) is 0 Å². The fourth-order valence-electron chi connectivity index (χ4n) is 1.91. The zero-order valence-electron chi connectivity index (χ0n) is 8.19. The van der Waals surface area contributed by atoms with Crippen molar-refractivity contribution >= 4 is 5.96 Å². The second kappa shape index (κ2) is 4.14. The smallest absolute Gasteiger partial charge is 0.194 e. The van der Waals surface area contributed by atoms with Gasteiger partial charge < -0.3 is 20.4 Å². The van der Waals surface area contributed by atoms with Crippen molar-refractivity contribution in [2.45, 2.75) is 24.9 Å². The molecule has 2 aliphatic heterocycles. The Balaban J connectivity index is 2.04. The number of aliphatic hydroxyl groups is 2. The van der Waals surface area contributed by atoms with Crippen LogP contribution in [0.25, 0.3) is 0 Å². The number of nitrogens with one attached hydrogen (secondary N) is 1. The maximum absolute atomic E-state index is 9.02. The van der Waals surface area contributed by atoms with Crippen molar-refractivity contribution in [3.63, 3.8) is 0 Å². The lowest BCUT2D eigenvalue weighted by atomic mass is 10.1. The summed E-state index contributed by atoms with van der Waals surface area (Å²) in [4.78, 5) is 6.57. The fraction of sp³-hybridized carbons (Fsp3) is 0.889. The van der Waals surface area contributed by atoms with E-state index >= 15 is 0 Å². The second-order valence-corrected chi connectivity index (χ2v) is 3.88. The molecule has 2 rings (SSSR count). The maximum Gasteiger partial charge on any atom is 0.194 e. The Kier molecular flexibility index (Phi) is 2.88. The standard InChI is InChI=1S/C9H17N3O2/c13-5-7-1-3-12-4-2-8(6-14)11-9(12)10-7/h7-8,13-14H,1-6H2,(H,10,11)/t7-,8-/m0/s1. The largest absolute Gasteiger partial charge is 0.394 e. The third-order valence-electron chi connectivity index (χ3n) is 2.85. The number of rotatable bonds is 2. The normalized spacial score (nSPS) is 31.9. The molecule has 1 fully saturated rings. The second-order valence-electron chi connectivity index (χ2n) is 3.88. The van der Waals surface area contributed by atoms with E-state index in [-0.39, 0.29) is 25.3 Å². The van der Waals surface area contributed by atoms with Crippen molar-refractivity contribution in [2.75, 3.05) is 26.3 Å². The van der Waals surface area contributed by atoms with Gasteiger partial charge in [-0.25, -0.2) is 4.99 Å². The third-order valence-corrected chi connectivity index (χ3v) is 2.85. The number of aliphatic hydroxyl groups excluding tert-OH is 2. The fourth-order valence-corrected chi connectivity index (χ4v) is 1.91. The van der Waals surface area contributed by atoms with E-state index < -0.39 is 0 Å². The molecule has 0 saturated carbocycles.